The van der Waals surface area contributed by atoms with Crippen LogP contribution >= 0.6 is 11.6 Å². The van der Waals surface area contributed by atoms with Crippen molar-refractivity contribution in [2.24, 2.45) is 0 Å². The zero-order valence-electron chi connectivity index (χ0n) is 15.0. The molecule has 3 rings (SSSR count). The molecule has 0 radical (unpaired) electrons. The lowest BCUT2D eigenvalue weighted by Gasteiger charge is -2.37. The second-order valence-electron chi connectivity index (χ2n) is 6.67. The summed E-state index contributed by atoms with van der Waals surface area (Å²) in [6.45, 7) is 0.547. The van der Waals surface area contributed by atoms with Crippen molar-refractivity contribution in [2.75, 3.05) is 44.2 Å². The van der Waals surface area contributed by atoms with Crippen LogP contribution in [0, 0.1) is 0 Å². The molecule has 2 amide bonds. The van der Waals surface area contributed by atoms with E-state index in [1.165, 1.54) is 0 Å². The van der Waals surface area contributed by atoms with E-state index in [1.54, 1.807) is 23.2 Å². The van der Waals surface area contributed by atoms with Gasteiger partial charge < -0.3 is 14.5 Å². The van der Waals surface area contributed by atoms with Crippen molar-refractivity contribution in [3.05, 3.63) is 23.4 Å². The van der Waals surface area contributed by atoms with Gasteiger partial charge in [-0.15, -0.1) is 0 Å². The molecular formula is C17H20ClF3N4O3. The molecule has 1 atom stereocenters. The number of likely N-dealkylation sites (tertiary alicyclic amines) is 1. The summed E-state index contributed by atoms with van der Waals surface area (Å²) >= 11 is 5.84. The number of amides is 2. The number of carbonyl (C=O) groups excluding carboxylic acids is 2. The van der Waals surface area contributed by atoms with Crippen molar-refractivity contribution in [3.63, 3.8) is 0 Å². The topological polar surface area (TPSA) is 66.0 Å². The first-order chi connectivity index (χ1) is 13.2. The number of anilines is 1. The van der Waals surface area contributed by atoms with Gasteiger partial charge in [-0.2, -0.15) is 13.2 Å². The number of rotatable bonds is 3. The van der Waals surface area contributed by atoms with E-state index >= 15 is 0 Å². The number of alkyl halides is 3. The van der Waals surface area contributed by atoms with E-state index in [4.69, 9.17) is 11.6 Å². The molecule has 2 aliphatic heterocycles. The van der Waals surface area contributed by atoms with Crippen LogP contribution in [0.25, 0.3) is 0 Å². The van der Waals surface area contributed by atoms with Gasteiger partial charge in [-0.3, -0.25) is 9.69 Å². The van der Waals surface area contributed by atoms with Crippen LogP contribution in [0.4, 0.5) is 23.8 Å². The zero-order chi connectivity index (χ0) is 20.3. The fraction of sp³-hybridized carbons (Fsp3) is 0.588. The van der Waals surface area contributed by atoms with Crippen LogP contribution in [0.2, 0.25) is 5.02 Å². The number of carbonyl (C=O) groups is 2. The normalized spacial score (nSPS) is 20.4. The summed E-state index contributed by atoms with van der Waals surface area (Å²) in [6.07, 6.45) is -3.18. The van der Waals surface area contributed by atoms with Gasteiger partial charge in [0.15, 0.2) is 6.61 Å². The maximum Gasteiger partial charge on any atom is 0.422 e. The highest BCUT2D eigenvalue weighted by Crippen LogP contribution is 2.23. The fourth-order valence-electron chi connectivity index (χ4n) is 3.39. The number of hydrogen-bond acceptors (Lipinski definition) is 5. The molecule has 0 saturated carbocycles. The SMILES string of the molecule is O=C(C1CCCN1C(=O)OCC(F)(F)F)N1CCN(c2ccc(Cl)cn2)CC1. The van der Waals surface area contributed by atoms with E-state index in [0.717, 1.165) is 10.7 Å². The van der Waals surface area contributed by atoms with Crippen LogP contribution in [0.1, 0.15) is 12.8 Å². The highest BCUT2D eigenvalue weighted by atomic mass is 35.5. The molecule has 0 bridgehead atoms. The summed E-state index contributed by atoms with van der Waals surface area (Å²) in [5.41, 5.74) is 0. The van der Waals surface area contributed by atoms with E-state index in [9.17, 15) is 22.8 Å². The maximum atomic E-state index is 12.8. The van der Waals surface area contributed by atoms with Gasteiger partial charge >= 0.3 is 12.3 Å². The Morgan fingerprint density at radius 1 is 1.18 bits per heavy atom. The van der Waals surface area contributed by atoms with Crippen LogP contribution in [-0.2, 0) is 9.53 Å². The molecule has 2 fully saturated rings. The Hall–Kier alpha value is -2.23. The minimum Gasteiger partial charge on any atom is -0.440 e. The number of aromatic nitrogens is 1. The maximum absolute atomic E-state index is 12.8. The molecule has 0 N–H and O–H groups in total. The Morgan fingerprint density at radius 2 is 1.89 bits per heavy atom. The lowest BCUT2D eigenvalue weighted by atomic mass is 10.1. The van der Waals surface area contributed by atoms with Gasteiger partial charge in [0.25, 0.3) is 0 Å². The van der Waals surface area contributed by atoms with Gasteiger partial charge in [-0.05, 0) is 25.0 Å². The summed E-state index contributed by atoms with van der Waals surface area (Å²) in [5.74, 6) is 0.500. The molecule has 0 spiro atoms. The van der Waals surface area contributed by atoms with Crippen molar-refractivity contribution in [2.45, 2.75) is 25.1 Å². The first kappa shape index (κ1) is 20.5. The third-order valence-electron chi connectivity index (χ3n) is 4.76. The molecule has 28 heavy (non-hydrogen) atoms. The quantitative estimate of drug-likeness (QED) is 0.752. The largest absolute Gasteiger partial charge is 0.440 e. The Bertz CT molecular complexity index is 709. The molecule has 2 aliphatic rings. The van der Waals surface area contributed by atoms with Crippen LogP contribution < -0.4 is 4.90 Å². The van der Waals surface area contributed by atoms with E-state index in [1.807, 2.05) is 4.90 Å². The molecule has 154 valence electrons. The number of piperazine rings is 1. The molecule has 2 saturated heterocycles. The second-order valence-corrected chi connectivity index (χ2v) is 7.10. The van der Waals surface area contributed by atoms with Crippen molar-refractivity contribution < 1.29 is 27.5 Å². The number of hydrogen-bond donors (Lipinski definition) is 0. The van der Waals surface area contributed by atoms with Crippen LogP contribution in [0.15, 0.2) is 18.3 Å². The Labute approximate surface area is 165 Å². The van der Waals surface area contributed by atoms with E-state index in [2.05, 4.69) is 9.72 Å². The molecule has 7 nitrogen and oxygen atoms in total. The van der Waals surface area contributed by atoms with E-state index in [-0.39, 0.29) is 12.5 Å². The molecule has 0 aromatic carbocycles. The van der Waals surface area contributed by atoms with Crippen molar-refractivity contribution in [3.8, 4) is 0 Å². The summed E-state index contributed by atoms with van der Waals surface area (Å²) in [7, 11) is 0. The lowest BCUT2D eigenvalue weighted by molar-refractivity contribution is -0.163. The standard InChI is InChI=1S/C17H20ClF3N4O3/c18-12-3-4-14(22-10-12)23-6-8-24(9-7-23)15(26)13-2-1-5-25(13)16(27)28-11-17(19,20)21/h3-4,10,13H,1-2,5-9,11H2. The number of pyridine rings is 1. The lowest BCUT2D eigenvalue weighted by Crippen LogP contribution is -2.54. The van der Waals surface area contributed by atoms with Crippen molar-refractivity contribution in [1.29, 1.82) is 0 Å². The number of ether oxygens (including phenoxy) is 1. The van der Waals surface area contributed by atoms with Gasteiger partial charge in [-0.1, -0.05) is 11.6 Å². The summed E-state index contributed by atoms with van der Waals surface area (Å²) < 4.78 is 41.1. The van der Waals surface area contributed by atoms with Crippen LogP contribution in [0.5, 0.6) is 0 Å². The third-order valence-corrected chi connectivity index (χ3v) is 4.98. The predicted octanol–water partition coefficient (Wildman–Crippen LogP) is 2.55. The van der Waals surface area contributed by atoms with Crippen molar-refractivity contribution in [1.82, 2.24) is 14.8 Å². The summed E-state index contributed by atoms with van der Waals surface area (Å²) in [4.78, 5) is 33.8. The van der Waals surface area contributed by atoms with E-state index in [0.29, 0.717) is 44.0 Å². The molecule has 1 unspecified atom stereocenters. The smallest absolute Gasteiger partial charge is 0.422 e. The first-order valence-corrected chi connectivity index (χ1v) is 9.28. The highest BCUT2D eigenvalue weighted by molar-refractivity contribution is 6.30. The van der Waals surface area contributed by atoms with Gasteiger partial charge in [0.05, 0.1) is 5.02 Å². The minimum absolute atomic E-state index is 0.210. The monoisotopic (exact) mass is 420 g/mol. The molecule has 3 heterocycles. The molecular weight excluding hydrogens is 401 g/mol. The predicted molar refractivity (Wildman–Crippen MR) is 95.2 cm³/mol. The highest BCUT2D eigenvalue weighted by Gasteiger charge is 2.39. The third kappa shape index (κ3) is 4.98. The Kier molecular flexibility index (Phi) is 6.17. The number of halogens is 4. The Balaban J connectivity index is 1.55. The summed E-state index contributed by atoms with van der Waals surface area (Å²) in [6, 6.07) is 2.76. The van der Waals surface area contributed by atoms with Gasteiger partial charge in [0.1, 0.15) is 11.9 Å². The minimum atomic E-state index is -4.60. The van der Waals surface area contributed by atoms with Gasteiger partial charge in [0.2, 0.25) is 5.91 Å². The first-order valence-electron chi connectivity index (χ1n) is 8.90. The van der Waals surface area contributed by atoms with Crippen LogP contribution in [-0.4, -0.2) is 78.3 Å². The van der Waals surface area contributed by atoms with Gasteiger partial charge in [0, 0.05) is 38.9 Å². The van der Waals surface area contributed by atoms with Crippen LogP contribution in [0.3, 0.4) is 0 Å². The molecule has 0 aliphatic carbocycles. The zero-order valence-corrected chi connectivity index (χ0v) is 15.7. The van der Waals surface area contributed by atoms with Crippen molar-refractivity contribution >= 4 is 29.4 Å². The number of nitrogens with zero attached hydrogens (tertiary/aromatic N) is 4. The average molecular weight is 421 g/mol. The second kappa shape index (κ2) is 8.42. The average Bonchev–Trinajstić information content (AvgIpc) is 3.15. The van der Waals surface area contributed by atoms with E-state index < -0.39 is 24.9 Å². The Morgan fingerprint density at radius 3 is 2.50 bits per heavy atom. The summed E-state index contributed by atoms with van der Waals surface area (Å²) in [5, 5.41) is 0.538. The molecule has 11 heteroatoms. The van der Waals surface area contributed by atoms with Gasteiger partial charge in [-0.25, -0.2) is 9.78 Å². The molecule has 1 aromatic heterocycles. The molecule has 1 aromatic rings. The fourth-order valence-corrected chi connectivity index (χ4v) is 3.50.